The minimum Gasteiger partial charge on any atom is -0.481 e. The Labute approximate surface area is 194 Å². The van der Waals surface area contributed by atoms with Crippen molar-refractivity contribution in [2.24, 2.45) is 51.2 Å². The van der Waals surface area contributed by atoms with Gasteiger partial charge in [-0.15, -0.1) is 0 Å². The summed E-state index contributed by atoms with van der Waals surface area (Å²) in [4.78, 5) is 38.0. The van der Waals surface area contributed by atoms with Crippen LogP contribution in [0.25, 0.3) is 0 Å². The molecule has 4 fully saturated rings. The normalized spacial score (nSPS) is 49.2. The summed E-state index contributed by atoms with van der Waals surface area (Å²) < 4.78 is 0. The Kier molecular flexibility index (Phi) is 5.74. The zero-order chi connectivity index (χ0) is 23.7. The van der Waals surface area contributed by atoms with Gasteiger partial charge in [0.2, 0.25) is 0 Å². The van der Waals surface area contributed by atoms with Crippen molar-refractivity contribution in [3.8, 4) is 0 Å². The highest BCUT2D eigenvalue weighted by Gasteiger charge is 2.70. The molecule has 9 atom stereocenters. The molecule has 4 aliphatic carbocycles. The second-order valence-electron chi connectivity index (χ2n) is 12.9. The maximum atomic E-state index is 14.2. The molecule has 4 aliphatic rings. The number of ketones is 2. The molecule has 0 radical (unpaired) electrons. The first-order valence-corrected chi connectivity index (χ1v) is 13.1. The molecule has 4 heteroatoms. The SMILES string of the molecule is CC[C@H]1C(=O)C2C3CC[C@](C)([C@H](C)CCC(=O)O)[C@@]3(C)CCC2[C@@]2(C)CCC(=O)CC12C. The number of carbonyl (C=O) groups excluding carboxylic acids is 2. The molecule has 0 amide bonds. The minimum absolute atomic E-state index is 0.0170. The second-order valence-corrected chi connectivity index (χ2v) is 12.9. The Morgan fingerprint density at radius 2 is 1.62 bits per heavy atom. The Hall–Kier alpha value is -1.19. The molecule has 32 heavy (non-hydrogen) atoms. The molecule has 4 nitrogen and oxygen atoms in total. The fraction of sp³-hybridized carbons (Fsp3) is 0.893. The molecular formula is C28H44O4. The fourth-order valence-electron chi connectivity index (χ4n) is 9.74. The van der Waals surface area contributed by atoms with E-state index in [0.717, 1.165) is 38.5 Å². The largest absolute Gasteiger partial charge is 0.481 e. The van der Waals surface area contributed by atoms with E-state index in [0.29, 0.717) is 48.6 Å². The molecule has 0 bridgehead atoms. The minimum atomic E-state index is -0.712. The first-order valence-electron chi connectivity index (χ1n) is 13.1. The molecule has 0 aromatic carbocycles. The first kappa shape index (κ1) is 24.0. The predicted molar refractivity (Wildman–Crippen MR) is 125 cm³/mol. The molecular weight excluding hydrogens is 400 g/mol. The van der Waals surface area contributed by atoms with Gasteiger partial charge in [0.05, 0.1) is 0 Å². The highest BCUT2D eigenvalue weighted by molar-refractivity contribution is 5.89. The molecule has 4 rings (SSSR count). The second kappa shape index (κ2) is 7.67. The number of carboxylic acids is 1. The van der Waals surface area contributed by atoms with Crippen molar-refractivity contribution in [1.82, 2.24) is 0 Å². The number of fused-ring (bicyclic) bond motifs is 5. The van der Waals surface area contributed by atoms with E-state index in [4.69, 9.17) is 0 Å². The zero-order valence-corrected chi connectivity index (χ0v) is 21.1. The van der Waals surface area contributed by atoms with Gasteiger partial charge in [0, 0.05) is 31.1 Å². The summed E-state index contributed by atoms with van der Waals surface area (Å²) in [6, 6.07) is 0. The Morgan fingerprint density at radius 3 is 2.25 bits per heavy atom. The van der Waals surface area contributed by atoms with E-state index in [2.05, 4.69) is 41.5 Å². The van der Waals surface area contributed by atoms with Gasteiger partial charge in [-0.3, -0.25) is 14.4 Å². The van der Waals surface area contributed by atoms with Gasteiger partial charge in [-0.25, -0.2) is 0 Å². The Balaban J connectivity index is 1.71. The number of hydrogen-bond donors (Lipinski definition) is 1. The molecule has 0 saturated heterocycles. The lowest BCUT2D eigenvalue weighted by molar-refractivity contribution is -0.194. The van der Waals surface area contributed by atoms with Crippen molar-refractivity contribution < 1.29 is 19.5 Å². The lowest BCUT2D eigenvalue weighted by atomic mass is 9.36. The summed E-state index contributed by atoms with van der Waals surface area (Å²) in [6.45, 7) is 13.9. The Morgan fingerprint density at radius 1 is 1.00 bits per heavy atom. The van der Waals surface area contributed by atoms with Crippen LogP contribution in [0.2, 0.25) is 0 Å². The van der Waals surface area contributed by atoms with Gasteiger partial charge in [0.25, 0.3) is 0 Å². The number of carbonyl (C=O) groups is 3. The highest BCUT2D eigenvalue weighted by atomic mass is 16.4. The van der Waals surface area contributed by atoms with E-state index in [9.17, 15) is 19.5 Å². The number of carboxylic acid groups (broad SMARTS) is 1. The lowest BCUT2D eigenvalue weighted by Crippen LogP contribution is -2.65. The van der Waals surface area contributed by atoms with Crippen LogP contribution in [-0.4, -0.2) is 22.6 Å². The van der Waals surface area contributed by atoms with Gasteiger partial charge in [-0.2, -0.15) is 0 Å². The van der Waals surface area contributed by atoms with Crippen LogP contribution >= 0.6 is 0 Å². The molecule has 0 heterocycles. The van der Waals surface area contributed by atoms with Crippen LogP contribution in [0.15, 0.2) is 0 Å². The first-order chi connectivity index (χ1) is 14.9. The third kappa shape index (κ3) is 2.96. The summed E-state index contributed by atoms with van der Waals surface area (Å²) in [5.74, 6) is 1.27. The van der Waals surface area contributed by atoms with Crippen molar-refractivity contribution >= 4 is 17.5 Å². The van der Waals surface area contributed by atoms with E-state index in [1.807, 2.05) is 0 Å². The summed E-state index contributed by atoms with van der Waals surface area (Å²) in [5, 5.41) is 9.24. The van der Waals surface area contributed by atoms with Crippen molar-refractivity contribution in [2.75, 3.05) is 0 Å². The van der Waals surface area contributed by atoms with Gasteiger partial charge in [0.1, 0.15) is 11.6 Å². The van der Waals surface area contributed by atoms with Gasteiger partial charge >= 0.3 is 5.97 Å². The summed E-state index contributed by atoms with van der Waals surface area (Å²) >= 11 is 0. The monoisotopic (exact) mass is 444 g/mol. The van der Waals surface area contributed by atoms with Crippen LogP contribution in [0, 0.1) is 51.2 Å². The summed E-state index contributed by atoms with van der Waals surface area (Å²) in [5.41, 5.74) is -0.00589. The van der Waals surface area contributed by atoms with E-state index < -0.39 is 5.97 Å². The number of hydrogen-bond acceptors (Lipinski definition) is 3. The van der Waals surface area contributed by atoms with Gasteiger partial charge in [-0.05, 0) is 84.4 Å². The smallest absolute Gasteiger partial charge is 0.303 e. The average molecular weight is 445 g/mol. The van der Waals surface area contributed by atoms with E-state index in [1.54, 1.807) is 0 Å². The molecule has 4 unspecified atom stereocenters. The van der Waals surface area contributed by atoms with E-state index in [-0.39, 0.29) is 39.9 Å². The quantitative estimate of drug-likeness (QED) is 0.539. The molecule has 0 aromatic heterocycles. The molecule has 0 aliphatic heterocycles. The summed E-state index contributed by atoms with van der Waals surface area (Å²) in [6.07, 6.45) is 8.32. The topological polar surface area (TPSA) is 71.4 Å². The molecule has 180 valence electrons. The fourth-order valence-corrected chi connectivity index (χ4v) is 9.74. The molecule has 0 aromatic rings. The van der Waals surface area contributed by atoms with Gasteiger partial charge in [-0.1, -0.05) is 41.5 Å². The molecule has 4 saturated carbocycles. The van der Waals surface area contributed by atoms with Crippen molar-refractivity contribution in [3.05, 3.63) is 0 Å². The van der Waals surface area contributed by atoms with Crippen LogP contribution < -0.4 is 0 Å². The van der Waals surface area contributed by atoms with Crippen LogP contribution in [-0.2, 0) is 14.4 Å². The van der Waals surface area contributed by atoms with Crippen LogP contribution in [0.3, 0.4) is 0 Å². The number of Topliss-reactive ketones (excluding diaryl/α,β-unsaturated/α-hetero) is 2. The van der Waals surface area contributed by atoms with Crippen molar-refractivity contribution in [1.29, 1.82) is 0 Å². The van der Waals surface area contributed by atoms with Crippen LogP contribution in [0.5, 0.6) is 0 Å². The standard InChI is InChI=1S/C28H44O4/c1-7-19-24(32)23-20-11-14-25(3,17(2)8-9-22(30)31)26(20,4)15-12-21(23)27(5)13-10-18(29)16-28(19,27)6/h17,19-21,23H,7-16H2,1-6H3,(H,30,31)/t17-,19+,20?,21?,23?,25-,26+,27-,28?/m1/s1. The van der Waals surface area contributed by atoms with Crippen LogP contribution in [0.1, 0.15) is 106 Å². The lowest BCUT2D eigenvalue weighted by Gasteiger charge is -2.66. The number of aliphatic carboxylic acids is 1. The maximum Gasteiger partial charge on any atom is 0.303 e. The predicted octanol–water partition coefficient (Wildman–Crippen LogP) is 6.31. The average Bonchev–Trinajstić information content (AvgIpc) is 3.00. The van der Waals surface area contributed by atoms with Crippen molar-refractivity contribution in [3.63, 3.8) is 0 Å². The zero-order valence-electron chi connectivity index (χ0n) is 21.1. The van der Waals surface area contributed by atoms with E-state index >= 15 is 0 Å². The molecule has 0 spiro atoms. The summed E-state index contributed by atoms with van der Waals surface area (Å²) in [7, 11) is 0. The Bertz CT molecular complexity index is 818. The maximum absolute atomic E-state index is 14.2. The number of rotatable bonds is 5. The molecule has 1 N–H and O–H groups in total. The van der Waals surface area contributed by atoms with Crippen LogP contribution in [0.4, 0.5) is 0 Å². The van der Waals surface area contributed by atoms with Crippen molar-refractivity contribution in [2.45, 2.75) is 106 Å². The third-order valence-corrected chi connectivity index (χ3v) is 12.3. The van der Waals surface area contributed by atoms with Gasteiger partial charge < -0.3 is 5.11 Å². The third-order valence-electron chi connectivity index (χ3n) is 12.3. The van der Waals surface area contributed by atoms with E-state index in [1.165, 1.54) is 0 Å². The highest BCUT2D eigenvalue weighted by Crippen LogP contribution is 2.74. The van der Waals surface area contributed by atoms with Gasteiger partial charge in [0.15, 0.2) is 0 Å².